The standard InChI is InChI=1S/C20H21N3O2/c1-14-10-16(12-18(11-14)23-8-2-3-9-23)19(20(24)25)22-17-6-4-15(13-21)5-7-17/h4-7,10-12,19,22H,2-3,8-9H2,1H3,(H,24,25)/p-1. The zero-order valence-corrected chi connectivity index (χ0v) is 14.2. The van der Waals surface area contributed by atoms with Gasteiger partial charge in [0.1, 0.15) is 0 Å². The van der Waals surface area contributed by atoms with Gasteiger partial charge >= 0.3 is 0 Å². The minimum atomic E-state index is -1.18. The zero-order valence-electron chi connectivity index (χ0n) is 14.2. The Morgan fingerprint density at radius 3 is 2.48 bits per heavy atom. The van der Waals surface area contributed by atoms with E-state index in [-0.39, 0.29) is 0 Å². The van der Waals surface area contributed by atoms with Gasteiger partial charge in [-0.3, -0.25) is 0 Å². The molecule has 1 aliphatic rings. The number of nitrogens with one attached hydrogen (secondary N) is 1. The summed E-state index contributed by atoms with van der Waals surface area (Å²) in [6.07, 6.45) is 2.33. The summed E-state index contributed by atoms with van der Waals surface area (Å²) in [6.45, 7) is 3.97. The lowest BCUT2D eigenvalue weighted by Crippen LogP contribution is -2.34. The van der Waals surface area contributed by atoms with E-state index in [1.807, 2.05) is 25.1 Å². The Hall–Kier alpha value is -3.00. The molecule has 2 aromatic rings. The third kappa shape index (κ3) is 3.92. The molecule has 0 saturated carbocycles. The number of benzene rings is 2. The minimum Gasteiger partial charge on any atom is -0.548 e. The summed E-state index contributed by atoms with van der Waals surface area (Å²) in [4.78, 5) is 14.0. The molecule has 5 nitrogen and oxygen atoms in total. The Morgan fingerprint density at radius 1 is 1.20 bits per heavy atom. The smallest absolute Gasteiger partial charge is 0.0991 e. The van der Waals surface area contributed by atoms with Crippen molar-refractivity contribution in [3.63, 3.8) is 0 Å². The van der Waals surface area contributed by atoms with E-state index >= 15 is 0 Å². The molecule has 1 atom stereocenters. The van der Waals surface area contributed by atoms with Crippen molar-refractivity contribution in [1.82, 2.24) is 0 Å². The molecule has 128 valence electrons. The van der Waals surface area contributed by atoms with Gasteiger partial charge in [-0.15, -0.1) is 0 Å². The van der Waals surface area contributed by atoms with Crippen LogP contribution in [0.1, 0.15) is 35.6 Å². The Labute approximate surface area is 147 Å². The summed E-state index contributed by atoms with van der Waals surface area (Å²) in [5.74, 6) is -1.18. The highest BCUT2D eigenvalue weighted by atomic mass is 16.4. The molecule has 2 aromatic carbocycles. The van der Waals surface area contributed by atoms with E-state index in [9.17, 15) is 9.90 Å². The Kier molecular flexibility index (Phi) is 4.90. The number of nitrogens with zero attached hydrogens (tertiary/aromatic N) is 2. The molecule has 0 bridgehead atoms. The number of aliphatic carboxylic acids is 1. The average molecular weight is 334 g/mol. The number of aryl methyl sites for hydroxylation is 1. The van der Waals surface area contributed by atoms with E-state index in [2.05, 4.69) is 16.3 Å². The van der Waals surface area contributed by atoms with Crippen LogP contribution in [-0.4, -0.2) is 19.1 Å². The van der Waals surface area contributed by atoms with Crippen LogP contribution in [0.3, 0.4) is 0 Å². The summed E-state index contributed by atoms with van der Waals surface area (Å²) < 4.78 is 0. The van der Waals surface area contributed by atoms with Crippen LogP contribution in [0, 0.1) is 18.3 Å². The SMILES string of the molecule is Cc1cc(C(Nc2ccc(C#N)cc2)C(=O)[O-])cc(N2CCCC2)c1. The molecular weight excluding hydrogens is 314 g/mol. The number of carboxylic acid groups (broad SMARTS) is 1. The van der Waals surface area contributed by atoms with Gasteiger partial charge < -0.3 is 20.1 Å². The van der Waals surface area contributed by atoms with E-state index in [0.717, 1.165) is 37.2 Å². The summed E-state index contributed by atoms with van der Waals surface area (Å²) in [5, 5.41) is 23.6. The van der Waals surface area contributed by atoms with Crippen molar-refractivity contribution in [2.75, 3.05) is 23.3 Å². The lowest BCUT2D eigenvalue weighted by molar-refractivity contribution is -0.307. The summed E-state index contributed by atoms with van der Waals surface area (Å²) in [5.41, 5.74) is 3.92. The molecule has 1 N–H and O–H groups in total. The Morgan fingerprint density at radius 2 is 1.88 bits per heavy atom. The van der Waals surface area contributed by atoms with Crippen molar-refractivity contribution in [3.05, 3.63) is 59.2 Å². The maximum atomic E-state index is 11.7. The van der Waals surface area contributed by atoms with E-state index < -0.39 is 12.0 Å². The van der Waals surface area contributed by atoms with Crippen LogP contribution < -0.4 is 15.3 Å². The highest BCUT2D eigenvalue weighted by Gasteiger charge is 2.18. The summed E-state index contributed by atoms with van der Waals surface area (Å²) in [7, 11) is 0. The van der Waals surface area contributed by atoms with Crippen molar-refractivity contribution in [1.29, 1.82) is 5.26 Å². The predicted octanol–water partition coefficient (Wildman–Crippen LogP) is 2.37. The number of hydrogen-bond acceptors (Lipinski definition) is 5. The highest BCUT2D eigenvalue weighted by molar-refractivity contribution is 5.78. The van der Waals surface area contributed by atoms with Gasteiger partial charge in [0.2, 0.25) is 0 Å². The number of carbonyl (C=O) groups excluding carboxylic acids is 1. The molecule has 25 heavy (non-hydrogen) atoms. The number of nitriles is 1. The first kappa shape index (κ1) is 16.8. The van der Waals surface area contributed by atoms with Gasteiger partial charge in [0, 0.05) is 24.5 Å². The van der Waals surface area contributed by atoms with E-state index in [1.165, 1.54) is 0 Å². The third-order valence-corrected chi connectivity index (χ3v) is 4.45. The van der Waals surface area contributed by atoms with Crippen LogP contribution in [0.2, 0.25) is 0 Å². The van der Waals surface area contributed by atoms with Crippen LogP contribution in [0.25, 0.3) is 0 Å². The molecule has 1 aliphatic heterocycles. The molecule has 0 aliphatic carbocycles. The first-order chi connectivity index (χ1) is 12.1. The second-order valence-electron chi connectivity index (χ2n) is 6.38. The van der Waals surface area contributed by atoms with Gasteiger partial charge in [0.05, 0.1) is 23.6 Å². The number of carbonyl (C=O) groups is 1. The number of carboxylic acids is 1. The monoisotopic (exact) mass is 334 g/mol. The molecule has 3 rings (SSSR count). The van der Waals surface area contributed by atoms with Gasteiger partial charge in [-0.1, -0.05) is 6.07 Å². The van der Waals surface area contributed by atoms with E-state index in [1.54, 1.807) is 24.3 Å². The van der Waals surface area contributed by atoms with Gasteiger partial charge in [-0.05, 0) is 67.3 Å². The average Bonchev–Trinajstić information content (AvgIpc) is 3.14. The minimum absolute atomic E-state index is 0.530. The number of anilines is 2. The molecule has 0 radical (unpaired) electrons. The molecule has 1 unspecified atom stereocenters. The lowest BCUT2D eigenvalue weighted by atomic mass is 10.0. The second-order valence-corrected chi connectivity index (χ2v) is 6.38. The van der Waals surface area contributed by atoms with Crippen LogP contribution >= 0.6 is 0 Å². The third-order valence-electron chi connectivity index (χ3n) is 4.45. The Bertz CT molecular complexity index is 803. The van der Waals surface area contributed by atoms with Crippen molar-refractivity contribution >= 4 is 17.3 Å². The number of hydrogen-bond donors (Lipinski definition) is 1. The van der Waals surface area contributed by atoms with Crippen molar-refractivity contribution in [3.8, 4) is 6.07 Å². The topological polar surface area (TPSA) is 79.2 Å². The molecule has 5 heteroatoms. The molecule has 0 aromatic heterocycles. The molecule has 1 fully saturated rings. The normalized spacial score (nSPS) is 14.8. The largest absolute Gasteiger partial charge is 0.548 e. The van der Waals surface area contributed by atoms with Gasteiger partial charge in [0.15, 0.2) is 0 Å². The second kappa shape index (κ2) is 7.27. The Balaban J connectivity index is 1.89. The van der Waals surface area contributed by atoms with Gasteiger partial charge in [-0.25, -0.2) is 0 Å². The lowest BCUT2D eigenvalue weighted by Gasteiger charge is -2.25. The molecule has 0 amide bonds. The fraction of sp³-hybridized carbons (Fsp3) is 0.300. The number of rotatable bonds is 5. The first-order valence-electron chi connectivity index (χ1n) is 8.41. The predicted molar refractivity (Wildman–Crippen MR) is 95.2 cm³/mol. The van der Waals surface area contributed by atoms with Crippen LogP contribution in [0.5, 0.6) is 0 Å². The summed E-state index contributed by atoms with van der Waals surface area (Å²) in [6, 6.07) is 13.7. The van der Waals surface area contributed by atoms with Crippen LogP contribution in [-0.2, 0) is 4.79 Å². The van der Waals surface area contributed by atoms with Crippen LogP contribution in [0.15, 0.2) is 42.5 Å². The fourth-order valence-electron chi connectivity index (χ4n) is 3.20. The van der Waals surface area contributed by atoms with Crippen molar-refractivity contribution in [2.24, 2.45) is 0 Å². The molecular formula is C20H20N3O2-. The summed E-state index contributed by atoms with van der Waals surface area (Å²) >= 11 is 0. The highest BCUT2D eigenvalue weighted by Crippen LogP contribution is 2.28. The maximum Gasteiger partial charge on any atom is 0.0991 e. The van der Waals surface area contributed by atoms with Crippen LogP contribution in [0.4, 0.5) is 11.4 Å². The molecule has 0 spiro atoms. The molecule has 1 saturated heterocycles. The first-order valence-corrected chi connectivity index (χ1v) is 8.41. The van der Waals surface area contributed by atoms with E-state index in [4.69, 9.17) is 5.26 Å². The molecule has 1 heterocycles. The van der Waals surface area contributed by atoms with E-state index in [0.29, 0.717) is 16.8 Å². The van der Waals surface area contributed by atoms with Gasteiger partial charge in [0.25, 0.3) is 0 Å². The maximum absolute atomic E-state index is 11.7. The quantitative estimate of drug-likeness (QED) is 0.908. The fourth-order valence-corrected chi connectivity index (χ4v) is 3.20. The van der Waals surface area contributed by atoms with Gasteiger partial charge in [-0.2, -0.15) is 5.26 Å². The zero-order chi connectivity index (χ0) is 17.8. The van der Waals surface area contributed by atoms with Crippen molar-refractivity contribution < 1.29 is 9.90 Å². The van der Waals surface area contributed by atoms with Crippen molar-refractivity contribution in [2.45, 2.75) is 25.8 Å².